The van der Waals surface area contributed by atoms with Crippen LogP contribution in [0.2, 0.25) is 0 Å². The van der Waals surface area contributed by atoms with Crippen molar-refractivity contribution in [1.29, 1.82) is 0 Å². The third-order valence-electron chi connectivity index (χ3n) is 5.23. The Hall–Kier alpha value is -4.28. The molecule has 10 heteroatoms. The summed E-state index contributed by atoms with van der Waals surface area (Å²) in [6.07, 6.45) is 0. The van der Waals surface area contributed by atoms with Crippen LogP contribution in [-0.4, -0.2) is 37.0 Å². The van der Waals surface area contributed by atoms with Gasteiger partial charge >= 0.3 is 23.8 Å². The summed E-state index contributed by atoms with van der Waals surface area (Å²) in [6.45, 7) is 3.67. The maximum Gasteiger partial charge on any atom is 0.341 e. The van der Waals surface area contributed by atoms with Crippen LogP contribution in [0.5, 0.6) is 0 Å². The lowest BCUT2D eigenvalue weighted by atomic mass is 10.1. The van der Waals surface area contributed by atoms with Gasteiger partial charge in [0, 0.05) is 9.75 Å². The van der Waals surface area contributed by atoms with Gasteiger partial charge in [-0.1, -0.05) is 60.7 Å². The summed E-state index contributed by atoms with van der Waals surface area (Å²) in [7, 11) is 0. The zero-order chi connectivity index (χ0) is 27.1. The number of carbonyl (C=O) groups is 4. The standard InChI is InChI=1S/C28H24N2O6S2/c1-3-35-27(33)19-15-21(17-11-7-5-8-12-17)37-25(19)29-23(31)24(32)30-26-20(28(34)36-4-2)16-22(38-26)18-13-9-6-10-14-18/h5-16H,3-4H2,1-2H3,(H,29,31)(H,30,32). The van der Waals surface area contributed by atoms with Gasteiger partial charge in [0.15, 0.2) is 0 Å². The van der Waals surface area contributed by atoms with Crippen molar-refractivity contribution < 1.29 is 28.7 Å². The molecule has 0 fully saturated rings. The molecule has 0 aliphatic carbocycles. The van der Waals surface area contributed by atoms with E-state index in [4.69, 9.17) is 9.47 Å². The predicted molar refractivity (Wildman–Crippen MR) is 149 cm³/mol. The molecule has 8 nitrogen and oxygen atoms in total. The van der Waals surface area contributed by atoms with Crippen molar-refractivity contribution in [3.8, 4) is 20.9 Å². The van der Waals surface area contributed by atoms with E-state index in [0.29, 0.717) is 0 Å². The van der Waals surface area contributed by atoms with E-state index in [-0.39, 0.29) is 34.3 Å². The second-order valence-electron chi connectivity index (χ2n) is 7.79. The van der Waals surface area contributed by atoms with Crippen LogP contribution < -0.4 is 10.6 Å². The fourth-order valence-corrected chi connectivity index (χ4v) is 5.59. The Morgan fingerprint density at radius 1 is 0.632 bits per heavy atom. The first-order valence-corrected chi connectivity index (χ1v) is 13.4. The summed E-state index contributed by atoms with van der Waals surface area (Å²) < 4.78 is 10.3. The third-order valence-corrected chi connectivity index (χ3v) is 7.43. The SMILES string of the molecule is CCOC(=O)c1cc(-c2ccccc2)sc1NC(=O)C(=O)Nc1sc(-c2ccccc2)cc1C(=O)OCC. The monoisotopic (exact) mass is 548 g/mol. The molecule has 2 aromatic carbocycles. The molecule has 2 heterocycles. The number of nitrogens with one attached hydrogen (secondary N) is 2. The number of anilines is 2. The van der Waals surface area contributed by atoms with Crippen molar-refractivity contribution in [2.45, 2.75) is 13.8 Å². The molecule has 38 heavy (non-hydrogen) atoms. The Bertz CT molecular complexity index is 1350. The van der Waals surface area contributed by atoms with Gasteiger partial charge in [0.1, 0.15) is 10.0 Å². The molecule has 0 bridgehead atoms. The molecule has 0 atom stereocenters. The van der Waals surface area contributed by atoms with Gasteiger partial charge in [0.25, 0.3) is 0 Å². The van der Waals surface area contributed by atoms with Gasteiger partial charge in [-0.2, -0.15) is 0 Å². The number of hydrogen-bond acceptors (Lipinski definition) is 8. The van der Waals surface area contributed by atoms with Crippen LogP contribution in [0.4, 0.5) is 10.0 Å². The molecular formula is C28H24N2O6S2. The van der Waals surface area contributed by atoms with Crippen LogP contribution in [0.3, 0.4) is 0 Å². The highest BCUT2D eigenvalue weighted by Crippen LogP contribution is 2.37. The lowest BCUT2D eigenvalue weighted by molar-refractivity contribution is -0.132. The number of ether oxygens (including phenoxy) is 2. The molecule has 2 amide bonds. The molecule has 4 rings (SSSR count). The van der Waals surface area contributed by atoms with Crippen LogP contribution in [0.1, 0.15) is 34.6 Å². The summed E-state index contributed by atoms with van der Waals surface area (Å²) in [4.78, 5) is 52.3. The van der Waals surface area contributed by atoms with E-state index in [9.17, 15) is 19.2 Å². The minimum Gasteiger partial charge on any atom is -0.462 e. The Labute approximate surface area is 227 Å². The summed E-state index contributed by atoms with van der Waals surface area (Å²) in [6, 6.07) is 21.9. The van der Waals surface area contributed by atoms with Gasteiger partial charge in [-0.15, -0.1) is 22.7 Å². The molecule has 2 N–H and O–H groups in total. The fraction of sp³-hybridized carbons (Fsp3) is 0.143. The number of benzene rings is 2. The molecule has 0 aliphatic rings. The van der Waals surface area contributed by atoms with Crippen molar-refractivity contribution in [2.24, 2.45) is 0 Å². The Morgan fingerprint density at radius 3 is 1.34 bits per heavy atom. The molecule has 4 aromatic rings. The van der Waals surface area contributed by atoms with Gasteiger partial charge in [-0.3, -0.25) is 9.59 Å². The molecule has 0 spiro atoms. The second-order valence-corrected chi connectivity index (χ2v) is 9.89. The molecular weight excluding hydrogens is 524 g/mol. The molecule has 194 valence electrons. The van der Waals surface area contributed by atoms with Crippen LogP contribution >= 0.6 is 22.7 Å². The van der Waals surface area contributed by atoms with E-state index in [2.05, 4.69) is 10.6 Å². The van der Waals surface area contributed by atoms with Crippen LogP contribution in [0, 0.1) is 0 Å². The minimum absolute atomic E-state index is 0.145. The zero-order valence-corrected chi connectivity index (χ0v) is 22.2. The largest absolute Gasteiger partial charge is 0.462 e. The number of hydrogen-bond donors (Lipinski definition) is 2. The first-order valence-electron chi connectivity index (χ1n) is 11.8. The van der Waals surface area contributed by atoms with Gasteiger partial charge < -0.3 is 20.1 Å². The summed E-state index contributed by atoms with van der Waals surface area (Å²) in [5, 5.41) is 5.42. The number of esters is 2. The number of amides is 2. The Morgan fingerprint density at radius 2 is 1.00 bits per heavy atom. The highest BCUT2D eigenvalue weighted by molar-refractivity contribution is 7.20. The van der Waals surface area contributed by atoms with E-state index in [1.165, 1.54) is 0 Å². The molecule has 0 unspecified atom stereocenters. The molecule has 0 radical (unpaired) electrons. The summed E-state index contributed by atoms with van der Waals surface area (Å²) in [5.41, 5.74) is 1.98. The number of carbonyl (C=O) groups excluding carboxylic acids is 4. The van der Waals surface area contributed by atoms with E-state index in [1.807, 2.05) is 60.7 Å². The molecule has 0 saturated heterocycles. The average Bonchev–Trinajstić information content (AvgIpc) is 3.55. The highest BCUT2D eigenvalue weighted by Gasteiger charge is 2.25. The van der Waals surface area contributed by atoms with E-state index in [1.54, 1.807) is 26.0 Å². The fourth-order valence-electron chi connectivity index (χ4n) is 3.50. The topological polar surface area (TPSA) is 111 Å². The van der Waals surface area contributed by atoms with Crippen LogP contribution in [0.25, 0.3) is 20.9 Å². The van der Waals surface area contributed by atoms with Gasteiger partial charge in [-0.05, 0) is 37.1 Å². The molecule has 0 aliphatic heterocycles. The summed E-state index contributed by atoms with van der Waals surface area (Å²) >= 11 is 2.30. The van der Waals surface area contributed by atoms with Gasteiger partial charge in [-0.25, -0.2) is 9.59 Å². The van der Waals surface area contributed by atoms with Crippen molar-refractivity contribution in [3.63, 3.8) is 0 Å². The highest BCUT2D eigenvalue weighted by atomic mass is 32.1. The van der Waals surface area contributed by atoms with Crippen molar-refractivity contribution >= 4 is 56.4 Å². The van der Waals surface area contributed by atoms with E-state index < -0.39 is 23.8 Å². The molecule has 0 saturated carbocycles. The van der Waals surface area contributed by atoms with E-state index >= 15 is 0 Å². The van der Waals surface area contributed by atoms with Gasteiger partial charge in [0.05, 0.1) is 24.3 Å². The van der Waals surface area contributed by atoms with Crippen LogP contribution in [0.15, 0.2) is 72.8 Å². The maximum atomic E-state index is 12.9. The first kappa shape index (κ1) is 26.8. The van der Waals surface area contributed by atoms with E-state index in [0.717, 1.165) is 43.6 Å². The van der Waals surface area contributed by atoms with Crippen molar-refractivity contribution in [1.82, 2.24) is 0 Å². The van der Waals surface area contributed by atoms with Crippen molar-refractivity contribution in [2.75, 3.05) is 23.8 Å². The minimum atomic E-state index is -0.999. The lowest BCUT2D eigenvalue weighted by Crippen LogP contribution is -2.29. The smallest absolute Gasteiger partial charge is 0.341 e. The van der Waals surface area contributed by atoms with Crippen molar-refractivity contribution in [3.05, 3.63) is 83.9 Å². The predicted octanol–water partition coefficient (Wildman–Crippen LogP) is 6.07. The number of rotatable bonds is 8. The second kappa shape index (κ2) is 12.3. The van der Waals surface area contributed by atoms with Crippen LogP contribution in [-0.2, 0) is 19.1 Å². The Kier molecular flexibility index (Phi) is 8.67. The zero-order valence-electron chi connectivity index (χ0n) is 20.6. The summed E-state index contributed by atoms with van der Waals surface area (Å²) in [5.74, 6) is -3.23. The quantitative estimate of drug-likeness (QED) is 0.204. The Balaban J connectivity index is 1.59. The third kappa shape index (κ3) is 6.16. The maximum absolute atomic E-state index is 12.9. The first-order chi connectivity index (χ1) is 18.4. The molecule has 2 aromatic heterocycles. The average molecular weight is 549 g/mol. The van der Waals surface area contributed by atoms with Gasteiger partial charge in [0.2, 0.25) is 0 Å². The lowest BCUT2D eigenvalue weighted by Gasteiger charge is -2.07. The number of thiophene rings is 2. The normalized spacial score (nSPS) is 10.5.